The van der Waals surface area contributed by atoms with Gasteiger partial charge in [-0.25, -0.2) is 0 Å². The molecule has 1 aromatic rings. The minimum Gasteiger partial charge on any atom is -0.481 e. The van der Waals surface area contributed by atoms with Gasteiger partial charge in [-0.3, -0.25) is 19.3 Å². The molecule has 4 fully saturated rings. The van der Waals surface area contributed by atoms with Crippen molar-refractivity contribution in [2.24, 2.45) is 62.6 Å². The third kappa shape index (κ3) is 8.06. The molecule has 1 N–H and O–H groups in total. The van der Waals surface area contributed by atoms with Gasteiger partial charge in [0.1, 0.15) is 6.10 Å². The fraction of sp³-hybridized carbons (Fsp3) is 0.776. The Morgan fingerprint density at radius 3 is 2.21 bits per heavy atom. The second-order valence-corrected chi connectivity index (χ2v) is 22.2. The summed E-state index contributed by atoms with van der Waals surface area (Å²) in [6.45, 7) is 24.0. The molecule has 0 spiro atoms. The molecule has 7 nitrogen and oxygen atoms in total. The minimum absolute atomic E-state index is 0.0681. The number of ketones is 1. The van der Waals surface area contributed by atoms with Crippen molar-refractivity contribution in [3.63, 3.8) is 0 Å². The molecule has 4 saturated carbocycles. The summed E-state index contributed by atoms with van der Waals surface area (Å²) in [6.07, 6.45) is 10.1. The summed E-state index contributed by atoms with van der Waals surface area (Å²) in [5.41, 5.74) is 3.14. The number of rotatable bonds is 14. The topological polar surface area (TPSA) is 87.2 Å². The molecule has 0 radical (unpaired) electrons. The molecule has 1 aromatic carbocycles. The van der Waals surface area contributed by atoms with E-state index in [-0.39, 0.29) is 52.0 Å². The summed E-state index contributed by atoms with van der Waals surface area (Å²) in [6, 6.07) is 8.28. The van der Waals surface area contributed by atoms with E-state index in [0.717, 1.165) is 82.6 Å². The van der Waals surface area contributed by atoms with E-state index in [9.17, 15) is 19.5 Å². The Kier molecular flexibility index (Phi) is 12.7. The molecule has 0 aromatic heterocycles. The largest absolute Gasteiger partial charge is 0.481 e. The highest BCUT2D eigenvalue weighted by atomic mass is 35.5. The number of Topliss-reactive ketones (excluding diaryl/α,β-unsaturated/α-hetero) is 1. The van der Waals surface area contributed by atoms with Gasteiger partial charge in [0.15, 0.2) is 5.78 Å². The van der Waals surface area contributed by atoms with Crippen LogP contribution in [-0.2, 0) is 25.7 Å². The van der Waals surface area contributed by atoms with Gasteiger partial charge >= 0.3 is 11.9 Å². The average molecular weight is 808 g/mol. The summed E-state index contributed by atoms with van der Waals surface area (Å²) in [4.78, 5) is 44.3. The number of fused-ring (bicyclic) bond motifs is 7. The Bertz CT molecular complexity index is 1700. The van der Waals surface area contributed by atoms with Crippen LogP contribution in [0.2, 0.25) is 5.02 Å². The van der Waals surface area contributed by atoms with Crippen LogP contribution < -0.4 is 0 Å². The van der Waals surface area contributed by atoms with Crippen LogP contribution in [0.25, 0.3) is 0 Å². The number of carboxylic acids is 1. The Balaban J connectivity index is 1.27. The molecule has 0 aliphatic heterocycles. The zero-order chi connectivity index (χ0) is 41.9. The predicted molar refractivity (Wildman–Crippen MR) is 230 cm³/mol. The molecule has 318 valence electrons. The molecular weight excluding hydrogens is 732 g/mol. The van der Waals surface area contributed by atoms with Gasteiger partial charge in [-0.2, -0.15) is 0 Å². The zero-order valence-corrected chi connectivity index (χ0v) is 38.1. The Morgan fingerprint density at radius 2 is 1.60 bits per heavy atom. The fourth-order valence-electron chi connectivity index (χ4n) is 13.9. The number of nitrogens with zero attached hydrogens (tertiary/aromatic N) is 2. The lowest BCUT2D eigenvalue weighted by Gasteiger charge is -2.71. The summed E-state index contributed by atoms with van der Waals surface area (Å²) in [7, 11) is 4.29. The van der Waals surface area contributed by atoms with E-state index in [2.05, 4.69) is 84.5 Å². The highest BCUT2D eigenvalue weighted by Gasteiger charge is 2.69. The van der Waals surface area contributed by atoms with Crippen LogP contribution in [-0.4, -0.2) is 72.5 Å². The van der Waals surface area contributed by atoms with Gasteiger partial charge in [0.25, 0.3) is 0 Å². The first-order chi connectivity index (χ1) is 26.6. The van der Waals surface area contributed by atoms with Crippen molar-refractivity contribution in [2.75, 3.05) is 33.7 Å². The number of carboxylic acid groups (broad SMARTS) is 1. The van der Waals surface area contributed by atoms with E-state index < -0.39 is 11.4 Å². The quantitative estimate of drug-likeness (QED) is 0.187. The van der Waals surface area contributed by atoms with Gasteiger partial charge in [-0.15, -0.1) is 0 Å². The van der Waals surface area contributed by atoms with Crippen molar-refractivity contribution in [1.29, 1.82) is 0 Å². The molecule has 9 atom stereocenters. The van der Waals surface area contributed by atoms with E-state index >= 15 is 0 Å². The number of hydrogen-bond acceptors (Lipinski definition) is 6. The van der Waals surface area contributed by atoms with Crippen LogP contribution in [0.1, 0.15) is 139 Å². The summed E-state index contributed by atoms with van der Waals surface area (Å²) < 4.78 is 6.27. The Labute approximate surface area is 350 Å². The van der Waals surface area contributed by atoms with E-state index in [0.29, 0.717) is 35.9 Å². The first-order valence-corrected chi connectivity index (χ1v) is 22.8. The maximum Gasteiger partial charge on any atom is 0.309 e. The first-order valence-electron chi connectivity index (χ1n) is 22.4. The summed E-state index contributed by atoms with van der Waals surface area (Å²) in [5, 5.41) is 10.5. The van der Waals surface area contributed by atoms with Crippen LogP contribution in [0.3, 0.4) is 0 Å². The molecule has 5 aliphatic carbocycles. The van der Waals surface area contributed by atoms with E-state index in [1.54, 1.807) is 19.4 Å². The molecule has 0 heterocycles. The van der Waals surface area contributed by atoms with Gasteiger partial charge in [0, 0.05) is 42.4 Å². The summed E-state index contributed by atoms with van der Waals surface area (Å²) in [5.74, 6) is 1.30. The van der Waals surface area contributed by atoms with Crippen molar-refractivity contribution in [1.82, 2.24) is 9.80 Å². The number of hydrogen-bond donors (Lipinski definition) is 1. The number of esters is 1. The molecule has 8 heteroatoms. The molecule has 0 bridgehead atoms. The van der Waals surface area contributed by atoms with Crippen molar-refractivity contribution in [2.45, 2.75) is 146 Å². The monoisotopic (exact) mass is 807 g/mol. The highest BCUT2D eigenvalue weighted by Crippen LogP contribution is 2.76. The lowest BCUT2D eigenvalue weighted by atomic mass is 9.33. The molecule has 5 aliphatic rings. The van der Waals surface area contributed by atoms with Crippen LogP contribution in [0.5, 0.6) is 0 Å². The third-order valence-corrected chi connectivity index (χ3v) is 17.3. The number of benzene rings is 1. The molecule has 0 amide bonds. The zero-order valence-electron chi connectivity index (χ0n) is 37.3. The van der Waals surface area contributed by atoms with Gasteiger partial charge in [0.05, 0.1) is 11.8 Å². The molecule has 0 saturated heterocycles. The van der Waals surface area contributed by atoms with E-state index in [1.807, 2.05) is 12.1 Å². The highest BCUT2D eigenvalue weighted by molar-refractivity contribution is 6.30. The van der Waals surface area contributed by atoms with Crippen LogP contribution >= 0.6 is 11.6 Å². The second-order valence-electron chi connectivity index (χ2n) is 21.7. The normalized spacial score (nSPS) is 35.4. The number of ether oxygens (including phenoxy) is 1. The predicted octanol–water partition coefficient (Wildman–Crippen LogP) is 10.7. The van der Waals surface area contributed by atoms with Crippen molar-refractivity contribution in [3.05, 3.63) is 46.0 Å². The van der Waals surface area contributed by atoms with Gasteiger partial charge in [-0.1, -0.05) is 77.8 Å². The minimum atomic E-state index is -1.15. The lowest BCUT2D eigenvalue weighted by Crippen LogP contribution is -2.64. The van der Waals surface area contributed by atoms with E-state index in [4.69, 9.17) is 16.3 Å². The standard InChI is InChI=1S/C49H75ClN2O5/c1-31(2)41-35-18-21-48(9)39(46(35,7)20-19-38(41)57-40(54)29-45(5,6)44(55)56)17-16-36-43-42(32(3)4)37(53)28-49(43,23-22-47(36,48)8)24-25-52(27-26-51(10)11)30-33-12-14-34(50)15-13-33/h12-15,31-32,35-36,38-39,41H,16-30H2,1-11H3,(H,55,56)/t35-,36?,38-,39+,41?,46-,47+,48+,49+/m0/s1. The van der Waals surface area contributed by atoms with Crippen LogP contribution in [0.4, 0.5) is 0 Å². The second kappa shape index (κ2) is 16.3. The third-order valence-electron chi connectivity index (χ3n) is 17.1. The first kappa shape index (κ1) is 44.3. The number of aliphatic carboxylic acids is 1. The van der Waals surface area contributed by atoms with Gasteiger partial charge < -0.3 is 14.7 Å². The average Bonchev–Trinajstić information content (AvgIpc) is 3.42. The van der Waals surface area contributed by atoms with Crippen molar-refractivity contribution in [3.8, 4) is 0 Å². The molecule has 2 unspecified atom stereocenters. The fourth-order valence-corrected chi connectivity index (χ4v) is 14.0. The van der Waals surface area contributed by atoms with Crippen molar-refractivity contribution >= 4 is 29.3 Å². The number of allylic oxidation sites excluding steroid dienone is 2. The maximum absolute atomic E-state index is 14.3. The molecule has 6 rings (SSSR count). The lowest BCUT2D eigenvalue weighted by molar-refractivity contribution is -0.222. The number of halogens is 1. The Hall–Kier alpha value is -2.22. The Morgan fingerprint density at radius 1 is 0.912 bits per heavy atom. The number of likely N-dealkylation sites (N-methyl/N-ethyl adjacent to an activating group) is 1. The SMILES string of the molecule is CC(C)C1=C2C3CC[C@@H]4[C@@]5(C)CC[C@H](OC(=O)CC(C)(C)C(=O)O)C(C(C)C)[C@@H]5CC[C@@]4(C)[C@]3(C)CC[C@@]2(CCN(CCN(C)C)Cc2ccc(Cl)cc2)CC1=O. The van der Waals surface area contributed by atoms with Crippen molar-refractivity contribution < 1.29 is 24.2 Å². The molecular formula is C49H75ClN2O5. The van der Waals surface area contributed by atoms with Crippen LogP contribution in [0, 0.1) is 62.6 Å². The van der Waals surface area contributed by atoms with Crippen LogP contribution in [0.15, 0.2) is 35.4 Å². The summed E-state index contributed by atoms with van der Waals surface area (Å²) >= 11 is 6.27. The number of carbonyl (C=O) groups excluding carboxylic acids is 2. The number of carbonyl (C=O) groups is 3. The maximum atomic E-state index is 14.3. The smallest absolute Gasteiger partial charge is 0.309 e. The van der Waals surface area contributed by atoms with Gasteiger partial charge in [-0.05, 0) is 161 Å². The molecule has 57 heavy (non-hydrogen) atoms. The van der Waals surface area contributed by atoms with Gasteiger partial charge in [0.2, 0.25) is 0 Å². The van der Waals surface area contributed by atoms with E-state index in [1.165, 1.54) is 17.6 Å².